The smallest absolute Gasteiger partial charge is 0.173 e. The molecule has 0 spiro atoms. The molecule has 4 aromatic rings. The molecule has 0 saturated carbocycles. The Morgan fingerprint density at radius 1 is 1.03 bits per heavy atom. The van der Waals surface area contributed by atoms with Crippen LogP contribution in [-0.4, -0.2) is 33.8 Å². The van der Waals surface area contributed by atoms with E-state index in [-0.39, 0.29) is 5.78 Å². The summed E-state index contributed by atoms with van der Waals surface area (Å²) in [6.07, 6.45) is 0. The largest absolute Gasteiger partial charge is 0.497 e. The van der Waals surface area contributed by atoms with Crippen LogP contribution < -0.4 is 4.74 Å². The van der Waals surface area contributed by atoms with E-state index in [0.29, 0.717) is 11.3 Å². The van der Waals surface area contributed by atoms with Crippen molar-refractivity contribution in [3.63, 3.8) is 0 Å². The minimum atomic E-state index is 0.0807. The van der Waals surface area contributed by atoms with Crippen LogP contribution in [0.1, 0.15) is 21.6 Å². The fraction of sp³-hybridized carbons (Fsp3) is 0.167. The van der Waals surface area contributed by atoms with Crippen LogP contribution in [-0.2, 0) is 0 Å². The number of ketones is 1. The Bertz CT molecular complexity index is 1200. The zero-order valence-electron chi connectivity index (χ0n) is 17.5. The summed E-state index contributed by atoms with van der Waals surface area (Å²) in [7, 11) is 1.65. The normalized spacial score (nSPS) is 10.8. The van der Waals surface area contributed by atoms with Crippen LogP contribution in [0.2, 0.25) is 0 Å². The number of aryl methyl sites for hydroxylation is 2. The van der Waals surface area contributed by atoms with Crippen molar-refractivity contribution in [3.05, 3.63) is 77.5 Å². The Balaban J connectivity index is 1.46. The number of hydrogen-bond acceptors (Lipinski definition) is 7. The number of thioether (sulfide) groups is 1. The van der Waals surface area contributed by atoms with E-state index in [1.807, 2.05) is 74.5 Å². The van der Waals surface area contributed by atoms with Crippen molar-refractivity contribution >= 4 is 28.9 Å². The molecule has 0 amide bonds. The lowest BCUT2D eigenvalue weighted by Crippen LogP contribution is -2.02. The molecule has 0 unspecified atom stereocenters. The fourth-order valence-corrected chi connectivity index (χ4v) is 4.73. The Morgan fingerprint density at radius 3 is 2.55 bits per heavy atom. The standard InChI is InChI=1S/C24H21N3O2S2/c1-15-7-9-17(10-8-15)21(28)14-30-22-12-11-20(26-27-22)23-16(2)25-24(31-23)18-5-4-6-19(13-18)29-3/h4-13H,14H2,1-3H3. The summed E-state index contributed by atoms with van der Waals surface area (Å²) in [5.74, 6) is 1.21. The summed E-state index contributed by atoms with van der Waals surface area (Å²) in [6.45, 7) is 3.98. The van der Waals surface area contributed by atoms with Gasteiger partial charge in [-0.2, -0.15) is 0 Å². The fourth-order valence-electron chi connectivity index (χ4n) is 2.99. The first kappa shape index (κ1) is 21.2. The van der Waals surface area contributed by atoms with E-state index in [0.717, 1.165) is 43.2 Å². The topological polar surface area (TPSA) is 65.0 Å². The molecular weight excluding hydrogens is 426 g/mol. The third kappa shape index (κ3) is 5.00. The highest BCUT2D eigenvalue weighted by Gasteiger charge is 2.14. The van der Waals surface area contributed by atoms with Crippen LogP contribution in [0.5, 0.6) is 5.75 Å². The zero-order chi connectivity index (χ0) is 21.8. The van der Waals surface area contributed by atoms with Crippen molar-refractivity contribution in [1.82, 2.24) is 15.2 Å². The van der Waals surface area contributed by atoms with Gasteiger partial charge in [-0.15, -0.1) is 21.5 Å². The van der Waals surface area contributed by atoms with Crippen LogP contribution in [0.25, 0.3) is 21.1 Å². The van der Waals surface area contributed by atoms with Gasteiger partial charge in [-0.25, -0.2) is 4.98 Å². The summed E-state index contributed by atoms with van der Waals surface area (Å²) in [5, 5.41) is 10.3. The van der Waals surface area contributed by atoms with Gasteiger partial charge in [0.2, 0.25) is 0 Å². The molecule has 0 N–H and O–H groups in total. The third-order valence-electron chi connectivity index (χ3n) is 4.71. The summed E-state index contributed by atoms with van der Waals surface area (Å²) >= 11 is 2.97. The number of aromatic nitrogens is 3. The average molecular weight is 448 g/mol. The number of Topliss-reactive ketones (excluding diaryl/α,β-unsaturated/α-hetero) is 1. The van der Waals surface area contributed by atoms with E-state index in [9.17, 15) is 4.79 Å². The van der Waals surface area contributed by atoms with Gasteiger partial charge in [0.15, 0.2) is 5.78 Å². The molecule has 0 bridgehead atoms. The molecule has 0 radical (unpaired) electrons. The first-order valence-electron chi connectivity index (χ1n) is 9.72. The van der Waals surface area contributed by atoms with E-state index in [1.54, 1.807) is 18.4 Å². The van der Waals surface area contributed by atoms with Crippen LogP contribution in [0.15, 0.2) is 65.7 Å². The number of carbonyl (C=O) groups is 1. The highest BCUT2D eigenvalue weighted by Crippen LogP contribution is 2.35. The van der Waals surface area contributed by atoms with Crippen LogP contribution in [0.3, 0.4) is 0 Å². The van der Waals surface area contributed by atoms with E-state index >= 15 is 0 Å². The van der Waals surface area contributed by atoms with Gasteiger partial charge >= 0.3 is 0 Å². The Kier molecular flexibility index (Phi) is 6.44. The number of methoxy groups -OCH3 is 1. The Morgan fingerprint density at radius 2 is 1.84 bits per heavy atom. The summed E-state index contributed by atoms with van der Waals surface area (Å²) in [6, 6.07) is 19.3. The maximum atomic E-state index is 12.4. The van der Waals surface area contributed by atoms with Gasteiger partial charge in [0, 0.05) is 11.1 Å². The van der Waals surface area contributed by atoms with Crippen molar-refractivity contribution in [1.29, 1.82) is 0 Å². The van der Waals surface area contributed by atoms with Crippen LogP contribution >= 0.6 is 23.1 Å². The number of thiazole rings is 1. The second-order valence-electron chi connectivity index (χ2n) is 7.00. The molecule has 4 rings (SSSR count). The number of hydrogen-bond donors (Lipinski definition) is 0. The second-order valence-corrected chi connectivity index (χ2v) is 8.99. The lowest BCUT2D eigenvalue weighted by Gasteiger charge is -2.03. The molecule has 5 nitrogen and oxygen atoms in total. The third-order valence-corrected chi connectivity index (χ3v) is 6.86. The molecule has 0 atom stereocenters. The van der Waals surface area contributed by atoms with Gasteiger partial charge in [-0.3, -0.25) is 4.79 Å². The molecule has 0 fully saturated rings. The first-order valence-corrected chi connectivity index (χ1v) is 11.5. The predicted octanol–water partition coefficient (Wildman–Crippen LogP) is 5.87. The molecular formula is C24H21N3O2S2. The molecule has 0 aliphatic carbocycles. The molecule has 156 valence electrons. The van der Waals surface area contributed by atoms with E-state index in [1.165, 1.54) is 11.8 Å². The lowest BCUT2D eigenvalue weighted by molar-refractivity contribution is 0.102. The highest BCUT2D eigenvalue weighted by molar-refractivity contribution is 7.99. The van der Waals surface area contributed by atoms with Crippen molar-refractivity contribution in [3.8, 4) is 26.9 Å². The summed E-state index contributed by atoms with van der Waals surface area (Å²) in [5.41, 5.74) is 4.55. The number of carbonyl (C=O) groups excluding carboxylic acids is 1. The number of ether oxygens (including phenoxy) is 1. The monoisotopic (exact) mass is 447 g/mol. The van der Waals surface area contributed by atoms with Crippen LogP contribution in [0.4, 0.5) is 0 Å². The Labute approximate surface area is 189 Å². The summed E-state index contributed by atoms with van der Waals surface area (Å²) in [4.78, 5) is 18.0. The van der Waals surface area contributed by atoms with E-state index in [4.69, 9.17) is 9.72 Å². The van der Waals surface area contributed by atoms with Gasteiger partial charge in [-0.1, -0.05) is 53.7 Å². The molecule has 31 heavy (non-hydrogen) atoms. The molecule has 0 aliphatic heterocycles. The average Bonchev–Trinajstić information content (AvgIpc) is 3.20. The molecule has 2 heterocycles. The maximum absolute atomic E-state index is 12.4. The van der Waals surface area contributed by atoms with Crippen molar-refractivity contribution in [2.45, 2.75) is 18.9 Å². The highest BCUT2D eigenvalue weighted by atomic mass is 32.2. The number of rotatable bonds is 7. The lowest BCUT2D eigenvalue weighted by atomic mass is 10.1. The van der Waals surface area contributed by atoms with Gasteiger partial charge in [0.05, 0.1) is 23.4 Å². The van der Waals surface area contributed by atoms with Crippen molar-refractivity contribution in [2.24, 2.45) is 0 Å². The predicted molar refractivity (Wildman–Crippen MR) is 126 cm³/mol. The van der Waals surface area contributed by atoms with Gasteiger partial charge in [-0.05, 0) is 38.1 Å². The molecule has 7 heteroatoms. The van der Waals surface area contributed by atoms with E-state index < -0.39 is 0 Å². The Hall–Kier alpha value is -3.03. The molecule has 2 aromatic carbocycles. The molecule has 0 aliphatic rings. The molecule has 0 saturated heterocycles. The van der Waals surface area contributed by atoms with Gasteiger partial charge in [0.25, 0.3) is 0 Å². The summed E-state index contributed by atoms with van der Waals surface area (Å²) < 4.78 is 5.31. The number of benzene rings is 2. The van der Waals surface area contributed by atoms with Crippen LogP contribution in [0, 0.1) is 13.8 Å². The minimum Gasteiger partial charge on any atom is -0.497 e. The van der Waals surface area contributed by atoms with E-state index in [2.05, 4.69) is 10.2 Å². The quantitative estimate of drug-likeness (QED) is 0.261. The maximum Gasteiger partial charge on any atom is 0.173 e. The van der Waals surface area contributed by atoms with Crippen molar-refractivity contribution < 1.29 is 9.53 Å². The van der Waals surface area contributed by atoms with Gasteiger partial charge < -0.3 is 4.74 Å². The SMILES string of the molecule is COc1cccc(-c2nc(C)c(-c3ccc(SCC(=O)c4ccc(C)cc4)nn3)s2)c1. The molecule has 2 aromatic heterocycles. The zero-order valence-corrected chi connectivity index (χ0v) is 19.1. The van der Waals surface area contributed by atoms with Gasteiger partial charge in [0.1, 0.15) is 21.5 Å². The second kappa shape index (κ2) is 9.41. The number of nitrogens with zero attached hydrogens (tertiary/aromatic N) is 3. The minimum absolute atomic E-state index is 0.0807. The first-order chi connectivity index (χ1) is 15.0. The van der Waals surface area contributed by atoms with Crippen molar-refractivity contribution in [2.75, 3.05) is 12.9 Å².